The van der Waals surface area contributed by atoms with Gasteiger partial charge in [0.05, 0.1) is 22.0 Å². The average molecular weight is 774 g/mol. The van der Waals surface area contributed by atoms with Crippen molar-refractivity contribution in [3.63, 3.8) is 0 Å². The molecule has 254 valence electrons. The molecule has 0 spiro atoms. The van der Waals surface area contributed by atoms with Gasteiger partial charge in [-0.2, -0.15) is 0 Å². The number of carbonyl (C=O) groups excluding carboxylic acids is 3. The number of methoxy groups -OCH3 is 1. The SMILES string of the molecule is COc1c(Br)cc(C[C@H](CC(=O)N2CCC(N3Cc4ccccc4NC3=O)CC2)C(=O)N2CCC(C3CCN(C)CC3)CC2)cc1Br. The molecule has 0 unspecified atom stereocenters. The number of rotatable bonds is 8. The molecular weight excluding hydrogens is 726 g/mol. The molecule has 3 fully saturated rings. The quantitative estimate of drug-likeness (QED) is 0.337. The average Bonchev–Trinajstić information content (AvgIpc) is 3.08. The van der Waals surface area contributed by atoms with E-state index in [4.69, 9.17) is 4.74 Å². The fourth-order valence-electron chi connectivity index (χ4n) is 8.09. The van der Waals surface area contributed by atoms with E-state index in [-0.39, 0.29) is 30.3 Å². The second-order valence-electron chi connectivity index (χ2n) is 13.8. The minimum absolute atomic E-state index is 0.0168. The highest BCUT2D eigenvalue weighted by molar-refractivity contribution is 9.11. The number of amides is 4. The van der Waals surface area contributed by atoms with E-state index in [1.54, 1.807) is 7.11 Å². The van der Waals surface area contributed by atoms with Crippen LogP contribution in [0.3, 0.4) is 0 Å². The number of urea groups is 1. The van der Waals surface area contributed by atoms with Crippen LogP contribution >= 0.6 is 31.9 Å². The van der Waals surface area contributed by atoms with Crippen LogP contribution in [-0.2, 0) is 22.6 Å². The smallest absolute Gasteiger partial charge is 0.322 e. The summed E-state index contributed by atoms with van der Waals surface area (Å²) in [5, 5.41) is 3.02. The molecule has 0 saturated carbocycles. The van der Waals surface area contributed by atoms with E-state index in [1.165, 1.54) is 12.8 Å². The van der Waals surface area contributed by atoms with Gasteiger partial charge in [0.2, 0.25) is 11.8 Å². The lowest BCUT2D eigenvalue weighted by molar-refractivity contribution is -0.143. The first-order valence-electron chi connectivity index (χ1n) is 17.1. The second kappa shape index (κ2) is 15.3. The highest BCUT2D eigenvalue weighted by atomic mass is 79.9. The van der Waals surface area contributed by atoms with Crippen molar-refractivity contribution < 1.29 is 19.1 Å². The van der Waals surface area contributed by atoms with Crippen molar-refractivity contribution in [2.45, 2.75) is 64.0 Å². The number of benzene rings is 2. The highest BCUT2D eigenvalue weighted by Crippen LogP contribution is 2.37. The number of nitrogens with zero attached hydrogens (tertiary/aromatic N) is 4. The third-order valence-electron chi connectivity index (χ3n) is 10.9. The molecule has 0 aliphatic carbocycles. The first kappa shape index (κ1) is 34.2. The summed E-state index contributed by atoms with van der Waals surface area (Å²) >= 11 is 7.23. The molecule has 1 N–H and O–H groups in total. The predicted octanol–water partition coefficient (Wildman–Crippen LogP) is 6.39. The topological polar surface area (TPSA) is 85.4 Å². The molecule has 2 aromatic rings. The normalized spacial score (nSPS) is 20.9. The predicted molar refractivity (Wildman–Crippen MR) is 190 cm³/mol. The summed E-state index contributed by atoms with van der Waals surface area (Å²) in [6, 6.07) is 11.9. The summed E-state index contributed by atoms with van der Waals surface area (Å²) in [6.07, 6.45) is 6.69. The highest BCUT2D eigenvalue weighted by Gasteiger charge is 2.36. The Bertz CT molecular complexity index is 1430. The van der Waals surface area contributed by atoms with Gasteiger partial charge in [-0.25, -0.2) is 4.79 Å². The number of para-hydroxylation sites is 1. The van der Waals surface area contributed by atoms with Crippen LogP contribution < -0.4 is 10.1 Å². The largest absolute Gasteiger partial charge is 0.494 e. The molecule has 0 radical (unpaired) electrons. The lowest BCUT2D eigenvalue weighted by atomic mass is 9.78. The maximum atomic E-state index is 14.2. The van der Waals surface area contributed by atoms with Crippen LogP contribution in [-0.4, -0.2) is 96.9 Å². The molecule has 4 aliphatic rings. The van der Waals surface area contributed by atoms with E-state index in [2.05, 4.69) is 55.2 Å². The molecule has 1 atom stereocenters. The monoisotopic (exact) mass is 771 g/mol. The molecule has 4 aliphatic heterocycles. The number of likely N-dealkylation sites (tertiary alicyclic amines) is 3. The molecule has 11 heteroatoms. The number of hydrogen-bond donors (Lipinski definition) is 1. The molecule has 47 heavy (non-hydrogen) atoms. The zero-order valence-electron chi connectivity index (χ0n) is 27.6. The van der Waals surface area contributed by atoms with Crippen LogP contribution in [0.1, 0.15) is 56.1 Å². The van der Waals surface area contributed by atoms with Crippen molar-refractivity contribution in [1.82, 2.24) is 19.6 Å². The number of ether oxygens (including phenoxy) is 1. The molecule has 4 amide bonds. The molecule has 4 heterocycles. The molecular formula is C36H47Br2N5O4. The number of fused-ring (bicyclic) bond motifs is 1. The zero-order valence-corrected chi connectivity index (χ0v) is 30.7. The van der Waals surface area contributed by atoms with Gasteiger partial charge < -0.3 is 29.7 Å². The Morgan fingerprint density at radius 3 is 2.13 bits per heavy atom. The Morgan fingerprint density at radius 2 is 1.49 bits per heavy atom. The van der Waals surface area contributed by atoms with Gasteiger partial charge in [0.1, 0.15) is 5.75 Å². The Morgan fingerprint density at radius 1 is 0.894 bits per heavy atom. The number of hydrogen-bond acceptors (Lipinski definition) is 5. The zero-order chi connectivity index (χ0) is 33.1. The maximum absolute atomic E-state index is 14.2. The van der Waals surface area contributed by atoms with Crippen LogP contribution in [0.15, 0.2) is 45.3 Å². The number of halogens is 2. The van der Waals surface area contributed by atoms with Crippen molar-refractivity contribution in [2.75, 3.05) is 58.7 Å². The van der Waals surface area contributed by atoms with Gasteiger partial charge in [-0.3, -0.25) is 9.59 Å². The summed E-state index contributed by atoms with van der Waals surface area (Å²) in [7, 11) is 3.83. The van der Waals surface area contributed by atoms with E-state index >= 15 is 0 Å². The van der Waals surface area contributed by atoms with E-state index in [1.807, 2.05) is 45.0 Å². The summed E-state index contributed by atoms with van der Waals surface area (Å²) in [5.74, 6) is 1.79. The lowest BCUT2D eigenvalue weighted by Gasteiger charge is -2.41. The third-order valence-corrected chi connectivity index (χ3v) is 12.1. The number of carbonyl (C=O) groups is 3. The molecule has 2 aromatic carbocycles. The standard InChI is InChI=1S/C36H47Br2N5O4/c1-40-13-7-25(8-14-40)26-9-15-42(16-10-26)35(45)28(19-24-20-30(37)34(47-2)31(38)21-24)22-33(44)41-17-11-29(12-18-41)43-23-27-5-3-4-6-32(27)39-36(43)46/h3-6,20-21,25-26,28-29H,7-19,22-23H2,1-2H3,(H,39,46)/t28-/m1/s1. The molecule has 6 rings (SSSR count). The number of nitrogens with one attached hydrogen (secondary N) is 1. The van der Waals surface area contributed by atoms with Crippen molar-refractivity contribution in [3.8, 4) is 5.75 Å². The van der Waals surface area contributed by atoms with Gasteiger partial charge in [0, 0.05) is 50.9 Å². The van der Waals surface area contributed by atoms with Crippen LogP contribution in [0.2, 0.25) is 0 Å². The molecule has 0 bridgehead atoms. The summed E-state index contributed by atoms with van der Waals surface area (Å²) < 4.78 is 7.13. The van der Waals surface area contributed by atoms with Crippen LogP contribution in [0, 0.1) is 17.8 Å². The van der Waals surface area contributed by atoms with Gasteiger partial charge in [-0.05, 0) is 138 Å². The lowest BCUT2D eigenvalue weighted by Crippen LogP contribution is -2.51. The fraction of sp³-hybridized carbons (Fsp3) is 0.583. The van der Waals surface area contributed by atoms with E-state index < -0.39 is 5.92 Å². The molecule has 3 saturated heterocycles. The van der Waals surface area contributed by atoms with E-state index in [9.17, 15) is 14.4 Å². The summed E-state index contributed by atoms with van der Waals surface area (Å²) in [6.45, 7) is 5.61. The Labute approximate surface area is 295 Å². The van der Waals surface area contributed by atoms with Crippen LogP contribution in [0.25, 0.3) is 0 Å². The molecule has 0 aromatic heterocycles. The first-order valence-corrected chi connectivity index (χ1v) is 18.7. The minimum atomic E-state index is -0.448. The van der Waals surface area contributed by atoms with Gasteiger partial charge in [-0.15, -0.1) is 0 Å². The van der Waals surface area contributed by atoms with Gasteiger partial charge in [-0.1, -0.05) is 18.2 Å². The van der Waals surface area contributed by atoms with Crippen LogP contribution in [0.5, 0.6) is 5.75 Å². The number of anilines is 1. The third kappa shape index (κ3) is 7.99. The van der Waals surface area contributed by atoms with Gasteiger partial charge in [0.25, 0.3) is 0 Å². The second-order valence-corrected chi connectivity index (χ2v) is 15.5. The summed E-state index contributed by atoms with van der Waals surface area (Å²) in [5.41, 5.74) is 2.96. The molecule has 9 nitrogen and oxygen atoms in total. The van der Waals surface area contributed by atoms with Crippen molar-refractivity contribution in [1.29, 1.82) is 0 Å². The van der Waals surface area contributed by atoms with Crippen LogP contribution in [0.4, 0.5) is 10.5 Å². The van der Waals surface area contributed by atoms with E-state index in [0.717, 1.165) is 83.5 Å². The van der Waals surface area contributed by atoms with Crippen molar-refractivity contribution >= 4 is 55.4 Å². The number of piperidine rings is 3. The maximum Gasteiger partial charge on any atom is 0.322 e. The van der Waals surface area contributed by atoms with Crippen molar-refractivity contribution in [3.05, 3.63) is 56.5 Å². The summed E-state index contributed by atoms with van der Waals surface area (Å²) in [4.78, 5) is 49.2. The van der Waals surface area contributed by atoms with Gasteiger partial charge >= 0.3 is 6.03 Å². The van der Waals surface area contributed by atoms with E-state index in [0.29, 0.717) is 37.7 Å². The fourth-order valence-corrected chi connectivity index (χ4v) is 9.70. The Hall–Kier alpha value is -2.63. The minimum Gasteiger partial charge on any atom is -0.494 e. The Kier molecular flexibility index (Phi) is 11.1. The Balaban J connectivity index is 1.10. The van der Waals surface area contributed by atoms with Gasteiger partial charge in [0.15, 0.2) is 0 Å². The van der Waals surface area contributed by atoms with Crippen molar-refractivity contribution in [2.24, 2.45) is 17.8 Å². The first-order chi connectivity index (χ1) is 22.7.